The van der Waals surface area contributed by atoms with E-state index in [1.54, 1.807) is 28.4 Å². The van der Waals surface area contributed by atoms with Gasteiger partial charge in [0.25, 0.3) is 0 Å². The molecule has 0 N–H and O–H groups in total. The van der Waals surface area contributed by atoms with Crippen molar-refractivity contribution < 1.29 is 28.4 Å². The van der Waals surface area contributed by atoms with Gasteiger partial charge in [-0.25, -0.2) is 0 Å². The van der Waals surface area contributed by atoms with Crippen molar-refractivity contribution in [1.82, 2.24) is 14.7 Å². The number of rotatable bonds is 6. The molecular weight excluding hydrogens is 679 g/mol. The first-order chi connectivity index (χ1) is 26.3. The summed E-state index contributed by atoms with van der Waals surface area (Å²) in [5, 5.41) is 0. The van der Waals surface area contributed by atoms with Gasteiger partial charge in [0.15, 0.2) is 34.5 Å². The van der Waals surface area contributed by atoms with Crippen LogP contribution in [0.4, 0.5) is 0 Å². The van der Waals surface area contributed by atoms with Gasteiger partial charge < -0.3 is 28.4 Å². The number of fused-ring (bicyclic) bond motifs is 2. The molecule has 5 aliphatic rings. The van der Waals surface area contributed by atoms with Crippen molar-refractivity contribution in [3.05, 3.63) is 93.5 Å². The summed E-state index contributed by atoms with van der Waals surface area (Å²) in [6.07, 6.45) is 5.86. The van der Waals surface area contributed by atoms with Crippen LogP contribution in [-0.2, 0) is 32.2 Å². The van der Waals surface area contributed by atoms with Crippen molar-refractivity contribution >= 4 is 0 Å². The molecule has 0 spiro atoms. The van der Waals surface area contributed by atoms with Crippen molar-refractivity contribution in [2.75, 3.05) is 68.7 Å². The molecule has 4 aromatic rings. The third-order valence-corrected chi connectivity index (χ3v) is 12.2. The van der Waals surface area contributed by atoms with E-state index in [-0.39, 0.29) is 12.1 Å². The molecule has 9 heteroatoms. The molecule has 0 saturated carbocycles. The maximum Gasteiger partial charge on any atom is 0.204 e. The Morgan fingerprint density at radius 3 is 2.15 bits per heavy atom. The molecule has 286 valence electrons. The van der Waals surface area contributed by atoms with Crippen molar-refractivity contribution in [2.24, 2.45) is 5.92 Å². The predicted molar refractivity (Wildman–Crippen MR) is 211 cm³/mol. The summed E-state index contributed by atoms with van der Waals surface area (Å²) < 4.78 is 38.5. The van der Waals surface area contributed by atoms with E-state index in [1.807, 2.05) is 6.07 Å². The average molecular weight is 734 g/mol. The molecule has 0 radical (unpaired) electrons. The largest absolute Gasteiger partial charge is 0.493 e. The van der Waals surface area contributed by atoms with Gasteiger partial charge in [0.05, 0.1) is 28.4 Å². The van der Waals surface area contributed by atoms with Gasteiger partial charge in [0, 0.05) is 49.4 Å². The number of likely N-dealkylation sites (tertiary alicyclic amines) is 1. The summed E-state index contributed by atoms with van der Waals surface area (Å²) in [6, 6.07) is 19.3. The molecule has 3 atom stereocenters. The fraction of sp³-hybridized carbons (Fsp3) is 0.467. The number of piperidine rings is 1. The van der Waals surface area contributed by atoms with E-state index in [4.69, 9.17) is 28.4 Å². The molecule has 5 heterocycles. The molecule has 9 rings (SSSR count). The fourth-order valence-electron chi connectivity index (χ4n) is 9.33. The molecule has 5 aliphatic heterocycles. The lowest BCUT2D eigenvalue weighted by molar-refractivity contribution is 0.171. The van der Waals surface area contributed by atoms with E-state index in [0.717, 1.165) is 86.8 Å². The lowest BCUT2D eigenvalue weighted by atomic mass is 9.84. The minimum absolute atomic E-state index is 0.0236. The number of hydrogen-bond donors (Lipinski definition) is 0. The molecule has 0 amide bonds. The second-order valence-electron chi connectivity index (χ2n) is 15.7. The Kier molecular flexibility index (Phi) is 10.4. The summed E-state index contributed by atoms with van der Waals surface area (Å²) in [4.78, 5) is 7.49. The monoisotopic (exact) mass is 733 g/mol. The van der Waals surface area contributed by atoms with Gasteiger partial charge in [0.1, 0.15) is 5.75 Å². The zero-order chi connectivity index (χ0) is 37.5. The van der Waals surface area contributed by atoms with E-state index < -0.39 is 0 Å². The third-order valence-electron chi connectivity index (χ3n) is 12.2. The molecule has 9 nitrogen and oxygen atoms in total. The molecule has 54 heavy (non-hydrogen) atoms. The van der Waals surface area contributed by atoms with Crippen LogP contribution in [0.3, 0.4) is 0 Å². The van der Waals surface area contributed by atoms with Crippen molar-refractivity contribution in [1.29, 1.82) is 0 Å². The van der Waals surface area contributed by atoms with Crippen LogP contribution in [0.25, 0.3) is 0 Å². The van der Waals surface area contributed by atoms with Gasteiger partial charge in [-0.3, -0.25) is 14.7 Å². The van der Waals surface area contributed by atoms with Crippen LogP contribution in [0.2, 0.25) is 0 Å². The van der Waals surface area contributed by atoms with E-state index in [0.29, 0.717) is 34.7 Å². The summed E-state index contributed by atoms with van der Waals surface area (Å²) in [5.74, 6) is 6.31. The Hall–Kier alpha value is -4.44. The Morgan fingerprint density at radius 2 is 1.41 bits per heavy atom. The quantitative estimate of drug-likeness (QED) is 0.195. The molecule has 1 saturated heterocycles. The van der Waals surface area contributed by atoms with Gasteiger partial charge in [-0.05, 0) is 129 Å². The molecule has 4 aromatic carbocycles. The van der Waals surface area contributed by atoms with Crippen LogP contribution >= 0.6 is 0 Å². The standard InChI is InChI=1S/C45H55N3O6/c1-28-9-8-18-48(26-28)27-35-33-17-20-47(3)37-22-30-12-15-38(49-4)40(23-30)53-32-13-10-29(11-14-32)21-36-34-25-41(39(50-5)24-31(34)16-19-46(36)2)54-44(42(33)37)45(52-7)43(35)51-6/h10-15,23-25,28,36-37H,8-9,16-22,26-27H2,1-7H3/t28?,36-,37-/m0/s1. The third kappa shape index (κ3) is 6.86. The van der Waals surface area contributed by atoms with Crippen LogP contribution < -0.4 is 28.4 Å². The van der Waals surface area contributed by atoms with E-state index in [2.05, 4.69) is 84.2 Å². The Balaban J connectivity index is 1.37. The zero-order valence-corrected chi connectivity index (χ0v) is 33.0. The SMILES string of the molecule is COc1ccc2cc1Oc1ccc(cc1)C[C@H]1c3cc(c(OC)cc3CCN1C)Oc1c(OC)c(OC)c(CN3CCCC(C)C3)c3c1[C@H](C2)N(C)CC3. The molecule has 0 aromatic heterocycles. The van der Waals surface area contributed by atoms with Crippen LogP contribution in [0.1, 0.15) is 70.8 Å². The minimum atomic E-state index is -0.0236. The van der Waals surface area contributed by atoms with Crippen LogP contribution in [0, 0.1) is 5.92 Å². The van der Waals surface area contributed by atoms with Gasteiger partial charge in [-0.2, -0.15) is 0 Å². The summed E-state index contributed by atoms with van der Waals surface area (Å²) in [6.45, 7) is 7.17. The maximum absolute atomic E-state index is 7.28. The van der Waals surface area contributed by atoms with E-state index >= 15 is 0 Å². The predicted octanol–water partition coefficient (Wildman–Crippen LogP) is 8.39. The smallest absolute Gasteiger partial charge is 0.204 e. The highest BCUT2D eigenvalue weighted by molar-refractivity contribution is 5.67. The summed E-state index contributed by atoms with van der Waals surface area (Å²) >= 11 is 0. The van der Waals surface area contributed by atoms with E-state index in [9.17, 15) is 0 Å². The van der Waals surface area contributed by atoms with Crippen molar-refractivity contribution in [2.45, 2.75) is 64.1 Å². The second-order valence-corrected chi connectivity index (χ2v) is 15.7. The van der Waals surface area contributed by atoms with Gasteiger partial charge in [0.2, 0.25) is 5.75 Å². The number of methoxy groups -OCH3 is 4. The van der Waals surface area contributed by atoms with Crippen molar-refractivity contribution in [3.63, 3.8) is 0 Å². The number of hydrogen-bond acceptors (Lipinski definition) is 9. The highest BCUT2D eigenvalue weighted by Crippen LogP contribution is 2.54. The lowest BCUT2D eigenvalue weighted by Crippen LogP contribution is -2.37. The first kappa shape index (κ1) is 36.5. The van der Waals surface area contributed by atoms with Gasteiger partial charge in [-0.1, -0.05) is 25.1 Å². The van der Waals surface area contributed by atoms with Crippen LogP contribution in [0.15, 0.2) is 54.6 Å². The first-order valence-corrected chi connectivity index (χ1v) is 19.5. The molecule has 0 aliphatic carbocycles. The molecule has 6 bridgehead atoms. The highest BCUT2D eigenvalue weighted by atomic mass is 16.5. The van der Waals surface area contributed by atoms with Gasteiger partial charge >= 0.3 is 0 Å². The Labute approximate surface area is 320 Å². The number of likely N-dealkylation sites (N-methyl/N-ethyl adjacent to an activating group) is 2. The van der Waals surface area contributed by atoms with Crippen LogP contribution in [-0.4, -0.2) is 83.4 Å². The topological polar surface area (TPSA) is 65.1 Å². The second kappa shape index (κ2) is 15.4. The summed E-state index contributed by atoms with van der Waals surface area (Å²) in [7, 11) is 11.4. The van der Waals surface area contributed by atoms with Crippen LogP contribution in [0.5, 0.6) is 46.0 Å². The Bertz CT molecular complexity index is 2000. The molecule has 1 unspecified atom stereocenters. The minimum Gasteiger partial charge on any atom is -0.493 e. The fourth-order valence-corrected chi connectivity index (χ4v) is 9.33. The normalized spacial score (nSPS) is 21.6. The van der Waals surface area contributed by atoms with Crippen molar-refractivity contribution in [3.8, 4) is 46.0 Å². The van der Waals surface area contributed by atoms with E-state index in [1.165, 1.54) is 40.7 Å². The molecular formula is C45H55N3O6. The van der Waals surface area contributed by atoms with Gasteiger partial charge in [-0.15, -0.1) is 0 Å². The first-order valence-electron chi connectivity index (χ1n) is 19.5. The average Bonchev–Trinajstić information content (AvgIpc) is 3.17. The zero-order valence-electron chi connectivity index (χ0n) is 33.0. The Morgan fingerprint density at radius 1 is 0.704 bits per heavy atom. The number of benzene rings is 4. The number of nitrogens with zero attached hydrogens (tertiary/aromatic N) is 3. The highest BCUT2D eigenvalue weighted by Gasteiger charge is 2.38. The molecule has 1 fully saturated rings. The maximum atomic E-state index is 7.28. The summed E-state index contributed by atoms with van der Waals surface area (Å²) in [5.41, 5.74) is 8.55. The number of ether oxygens (including phenoxy) is 6. The lowest BCUT2D eigenvalue weighted by Gasteiger charge is -2.39.